The van der Waals surface area contributed by atoms with Crippen molar-refractivity contribution in [1.82, 2.24) is 9.38 Å². The molecule has 0 atom stereocenters. The molecule has 0 aliphatic heterocycles. The zero-order chi connectivity index (χ0) is 16.4. The van der Waals surface area contributed by atoms with E-state index in [1.165, 1.54) is 22.5 Å². The molecule has 0 unspecified atom stereocenters. The van der Waals surface area contributed by atoms with Gasteiger partial charge in [-0.1, -0.05) is 45.0 Å². The minimum absolute atomic E-state index is 0.00128. The number of hydrogen-bond acceptors (Lipinski definition) is 4. The van der Waals surface area contributed by atoms with E-state index in [9.17, 15) is 4.79 Å². The third kappa shape index (κ3) is 3.85. The summed E-state index contributed by atoms with van der Waals surface area (Å²) in [5, 5.41) is 1.89. The molecule has 5 heteroatoms. The maximum Gasteiger partial charge on any atom is 0.258 e. The van der Waals surface area contributed by atoms with Crippen LogP contribution in [0.2, 0.25) is 0 Å². The highest BCUT2D eigenvalue weighted by Crippen LogP contribution is 2.24. The molecule has 0 aliphatic carbocycles. The summed E-state index contributed by atoms with van der Waals surface area (Å²) in [6.45, 7) is 6.67. The highest BCUT2D eigenvalue weighted by atomic mass is 32.2. The summed E-state index contributed by atoms with van der Waals surface area (Å²) in [6, 6.07) is 10.4. The highest BCUT2D eigenvalue weighted by Gasteiger charge is 2.12. The Morgan fingerprint density at radius 2 is 1.91 bits per heavy atom. The highest BCUT2D eigenvalue weighted by molar-refractivity contribution is 7.97. The van der Waals surface area contributed by atoms with Crippen molar-refractivity contribution in [2.75, 3.05) is 0 Å². The molecule has 0 saturated heterocycles. The van der Waals surface area contributed by atoms with Crippen molar-refractivity contribution in [1.29, 1.82) is 0 Å². The van der Waals surface area contributed by atoms with Crippen molar-refractivity contribution >= 4 is 28.1 Å². The largest absolute Gasteiger partial charge is 0.269 e. The minimum atomic E-state index is 0.00128. The minimum Gasteiger partial charge on any atom is -0.269 e. The third-order valence-electron chi connectivity index (χ3n) is 3.69. The molecule has 0 amide bonds. The van der Waals surface area contributed by atoms with Crippen molar-refractivity contribution in [3.05, 3.63) is 69.1 Å². The van der Waals surface area contributed by atoms with Crippen LogP contribution in [0.5, 0.6) is 0 Å². The van der Waals surface area contributed by atoms with E-state index in [4.69, 9.17) is 0 Å². The van der Waals surface area contributed by atoms with Gasteiger partial charge in [0.1, 0.15) is 0 Å². The van der Waals surface area contributed by atoms with Crippen LogP contribution in [0.25, 0.3) is 4.96 Å². The van der Waals surface area contributed by atoms with Crippen LogP contribution >= 0.6 is 23.1 Å². The second kappa shape index (κ2) is 6.49. The molecule has 0 aliphatic rings. The first-order valence-corrected chi connectivity index (χ1v) is 9.60. The Hall–Kier alpha value is -1.59. The Balaban J connectivity index is 1.63. The van der Waals surface area contributed by atoms with Crippen LogP contribution in [0, 0.1) is 0 Å². The fraction of sp³-hybridized carbons (Fsp3) is 0.333. The van der Waals surface area contributed by atoms with Gasteiger partial charge in [0, 0.05) is 29.1 Å². The summed E-state index contributed by atoms with van der Waals surface area (Å²) in [5.41, 5.74) is 3.70. The van der Waals surface area contributed by atoms with E-state index in [-0.39, 0.29) is 11.0 Å². The standard InChI is InChI=1S/C18H20N2OS2/c1-18(2,3)14-6-4-13(5-7-14)11-22-12-15-10-16(21)20-8-9-23-17(20)19-15/h4-10H,11-12H2,1-3H3. The van der Waals surface area contributed by atoms with Crippen LogP contribution in [0.1, 0.15) is 37.6 Å². The Morgan fingerprint density at radius 3 is 2.61 bits per heavy atom. The summed E-state index contributed by atoms with van der Waals surface area (Å²) in [7, 11) is 0. The van der Waals surface area contributed by atoms with Gasteiger partial charge in [-0.25, -0.2) is 4.98 Å². The summed E-state index contributed by atoms with van der Waals surface area (Å²) >= 11 is 3.28. The maximum absolute atomic E-state index is 11.9. The molecule has 3 nitrogen and oxygen atoms in total. The average Bonchev–Trinajstić information content (AvgIpc) is 2.96. The lowest BCUT2D eigenvalue weighted by Crippen LogP contribution is -2.12. The molecule has 0 fully saturated rings. The van der Waals surface area contributed by atoms with Crippen LogP contribution < -0.4 is 5.56 Å². The van der Waals surface area contributed by atoms with Gasteiger partial charge in [0.15, 0.2) is 4.96 Å². The van der Waals surface area contributed by atoms with Gasteiger partial charge in [0.2, 0.25) is 0 Å². The molecule has 120 valence electrons. The Kier molecular flexibility index (Phi) is 4.60. The fourth-order valence-corrected chi connectivity index (χ4v) is 3.96. The SMILES string of the molecule is CC(C)(C)c1ccc(CSCc2cc(=O)n3ccsc3n2)cc1. The Morgan fingerprint density at radius 1 is 1.17 bits per heavy atom. The van der Waals surface area contributed by atoms with Crippen LogP contribution in [-0.4, -0.2) is 9.38 Å². The zero-order valence-electron chi connectivity index (χ0n) is 13.6. The predicted octanol–water partition coefficient (Wildman–Crippen LogP) is 4.49. The molecule has 1 aromatic carbocycles. The molecule has 23 heavy (non-hydrogen) atoms. The molecule has 0 N–H and O–H groups in total. The van der Waals surface area contributed by atoms with E-state index in [2.05, 4.69) is 50.0 Å². The summed E-state index contributed by atoms with van der Waals surface area (Å²) < 4.78 is 1.59. The number of benzene rings is 1. The lowest BCUT2D eigenvalue weighted by molar-refractivity contribution is 0.590. The lowest BCUT2D eigenvalue weighted by atomic mass is 9.87. The quantitative estimate of drug-likeness (QED) is 0.699. The molecule has 3 aromatic rings. The Bertz CT molecular complexity index is 857. The first-order valence-electron chi connectivity index (χ1n) is 7.56. The number of aromatic nitrogens is 2. The maximum atomic E-state index is 11.9. The van der Waals surface area contributed by atoms with Gasteiger partial charge in [-0.15, -0.1) is 11.3 Å². The van der Waals surface area contributed by atoms with E-state index in [1.807, 2.05) is 5.38 Å². The molecule has 3 rings (SSSR count). The number of rotatable bonds is 4. The molecular formula is C18H20N2OS2. The van der Waals surface area contributed by atoms with Gasteiger partial charge < -0.3 is 0 Å². The first-order chi connectivity index (χ1) is 10.9. The summed E-state index contributed by atoms with van der Waals surface area (Å²) in [4.78, 5) is 17.2. The van der Waals surface area contributed by atoms with Gasteiger partial charge in [0.05, 0.1) is 5.69 Å². The first kappa shape index (κ1) is 16.3. The molecule has 0 spiro atoms. The summed E-state index contributed by atoms with van der Waals surface area (Å²) in [6.07, 6.45) is 1.77. The normalized spacial score (nSPS) is 12.0. The topological polar surface area (TPSA) is 34.4 Å². The van der Waals surface area contributed by atoms with Gasteiger partial charge in [-0.2, -0.15) is 11.8 Å². The average molecular weight is 345 g/mol. The second-order valence-corrected chi connectivity index (χ2v) is 8.44. The molecular weight excluding hydrogens is 324 g/mol. The van der Waals surface area contributed by atoms with Gasteiger partial charge in [0.25, 0.3) is 5.56 Å². The number of fused-ring (bicyclic) bond motifs is 1. The van der Waals surface area contributed by atoms with Crippen LogP contribution in [-0.2, 0) is 16.9 Å². The van der Waals surface area contributed by atoms with Gasteiger partial charge in [-0.05, 0) is 16.5 Å². The van der Waals surface area contributed by atoms with Crippen LogP contribution in [0.4, 0.5) is 0 Å². The van der Waals surface area contributed by atoms with Gasteiger partial charge >= 0.3 is 0 Å². The van der Waals surface area contributed by atoms with Crippen molar-refractivity contribution < 1.29 is 0 Å². The molecule has 2 aromatic heterocycles. The van der Waals surface area contributed by atoms with Crippen LogP contribution in [0.15, 0.2) is 46.7 Å². The van der Waals surface area contributed by atoms with Gasteiger partial charge in [-0.3, -0.25) is 9.20 Å². The van der Waals surface area contributed by atoms with E-state index in [1.54, 1.807) is 28.4 Å². The van der Waals surface area contributed by atoms with E-state index >= 15 is 0 Å². The van der Waals surface area contributed by atoms with E-state index in [0.29, 0.717) is 0 Å². The monoisotopic (exact) mass is 344 g/mol. The zero-order valence-corrected chi connectivity index (χ0v) is 15.2. The molecule has 2 heterocycles. The number of thiazole rings is 1. The molecule has 0 radical (unpaired) electrons. The fourth-order valence-electron chi connectivity index (χ4n) is 2.34. The number of hydrogen-bond donors (Lipinski definition) is 0. The van der Waals surface area contributed by atoms with E-state index < -0.39 is 0 Å². The number of thioether (sulfide) groups is 1. The third-order valence-corrected chi connectivity index (χ3v) is 5.49. The summed E-state index contributed by atoms with van der Waals surface area (Å²) in [5.74, 6) is 1.68. The van der Waals surface area contributed by atoms with E-state index in [0.717, 1.165) is 22.2 Å². The second-order valence-electron chi connectivity index (χ2n) is 6.58. The van der Waals surface area contributed by atoms with Crippen molar-refractivity contribution in [3.63, 3.8) is 0 Å². The van der Waals surface area contributed by atoms with Crippen LogP contribution in [0.3, 0.4) is 0 Å². The Labute approximate surface area is 144 Å². The number of nitrogens with zero attached hydrogens (tertiary/aromatic N) is 2. The van der Waals surface area contributed by atoms with Crippen molar-refractivity contribution in [3.8, 4) is 0 Å². The predicted molar refractivity (Wildman–Crippen MR) is 99.5 cm³/mol. The molecule has 0 bridgehead atoms. The smallest absolute Gasteiger partial charge is 0.258 e. The molecule has 0 saturated carbocycles. The lowest BCUT2D eigenvalue weighted by Gasteiger charge is -2.19. The van der Waals surface area contributed by atoms with Crippen molar-refractivity contribution in [2.45, 2.75) is 37.7 Å². The van der Waals surface area contributed by atoms with Crippen molar-refractivity contribution in [2.24, 2.45) is 0 Å².